The minimum absolute atomic E-state index is 0.0491. The van der Waals surface area contributed by atoms with Crippen LogP contribution in [0.5, 0.6) is 5.75 Å². The van der Waals surface area contributed by atoms with Crippen molar-refractivity contribution >= 4 is 17.8 Å². The molecule has 1 saturated heterocycles. The molecule has 1 aromatic carbocycles. The summed E-state index contributed by atoms with van der Waals surface area (Å²) in [6.07, 6.45) is 1.09. The number of carbonyl (C=O) groups is 3. The van der Waals surface area contributed by atoms with Crippen LogP contribution in [0.2, 0.25) is 0 Å². The molecule has 0 aliphatic carbocycles. The van der Waals surface area contributed by atoms with Crippen molar-refractivity contribution in [1.29, 1.82) is 0 Å². The predicted molar refractivity (Wildman–Crippen MR) is 91.3 cm³/mol. The van der Waals surface area contributed by atoms with Crippen molar-refractivity contribution < 1.29 is 23.9 Å². The molecule has 0 unspecified atom stereocenters. The highest BCUT2D eigenvalue weighted by atomic mass is 16.5. The minimum Gasteiger partial charge on any atom is -0.427 e. The number of ether oxygens (including phenoxy) is 2. The number of carbonyl (C=O) groups excluding carboxylic acids is 3. The molecule has 0 aromatic heterocycles. The number of hydrogen-bond acceptors (Lipinski definition) is 5. The maximum absolute atomic E-state index is 12.7. The Labute approximate surface area is 147 Å². The first-order chi connectivity index (χ1) is 12.0. The van der Waals surface area contributed by atoms with Gasteiger partial charge in [0.25, 0.3) is 5.91 Å². The maximum atomic E-state index is 12.7. The van der Waals surface area contributed by atoms with Crippen molar-refractivity contribution in [2.45, 2.75) is 19.8 Å². The van der Waals surface area contributed by atoms with Gasteiger partial charge in [0.15, 0.2) is 0 Å². The van der Waals surface area contributed by atoms with Crippen molar-refractivity contribution in [3.8, 4) is 5.75 Å². The number of rotatable bonds is 5. The van der Waals surface area contributed by atoms with E-state index in [2.05, 4.69) is 0 Å². The van der Waals surface area contributed by atoms with Gasteiger partial charge in [0.2, 0.25) is 5.91 Å². The summed E-state index contributed by atoms with van der Waals surface area (Å²) in [5, 5.41) is 0. The smallest absolute Gasteiger partial charge is 0.308 e. The number of benzene rings is 1. The lowest BCUT2D eigenvalue weighted by Gasteiger charge is -2.22. The Morgan fingerprint density at radius 2 is 1.80 bits per heavy atom. The van der Waals surface area contributed by atoms with E-state index in [1.807, 2.05) is 0 Å². The molecule has 7 heteroatoms. The molecule has 0 radical (unpaired) electrons. The molecule has 136 valence electrons. The van der Waals surface area contributed by atoms with Gasteiger partial charge >= 0.3 is 5.97 Å². The van der Waals surface area contributed by atoms with Gasteiger partial charge in [-0.25, -0.2) is 0 Å². The Hall–Kier alpha value is -2.41. The Bertz CT molecular complexity index is 632. The summed E-state index contributed by atoms with van der Waals surface area (Å²) < 4.78 is 9.97. The van der Waals surface area contributed by atoms with E-state index in [1.165, 1.54) is 6.92 Å². The van der Waals surface area contributed by atoms with E-state index in [1.54, 1.807) is 41.2 Å². The van der Waals surface area contributed by atoms with Gasteiger partial charge in [-0.15, -0.1) is 0 Å². The van der Waals surface area contributed by atoms with Crippen LogP contribution in [0.15, 0.2) is 24.3 Å². The van der Waals surface area contributed by atoms with Crippen molar-refractivity contribution in [1.82, 2.24) is 9.80 Å². The third-order valence-electron chi connectivity index (χ3n) is 4.00. The molecule has 1 fully saturated rings. The molecule has 0 saturated carbocycles. The molecule has 1 aromatic rings. The molecule has 0 spiro atoms. The van der Waals surface area contributed by atoms with Crippen LogP contribution in [0.4, 0.5) is 0 Å². The lowest BCUT2D eigenvalue weighted by atomic mass is 10.2. The van der Waals surface area contributed by atoms with E-state index in [0.29, 0.717) is 50.5 Å². The van der Waals surface area contributed by atoms with Gasteiger partial charge in [-0.3, -0.25) is 14.4 Å². The van der Waals surface area contributed by atoms with E-state index in [-0.39, 0.29) is 11.8 Å². The second-order valence-corrected chi connectivity index (χ2v) is 5.89. The second kappa shape index (κ2) is 9.17. The SMILES string of the molecule is COCCC(=O)N1CCCN(C(=O)c2cccc(OC(C)=O)c2)CC1. The minimum atomic E-state index is -0.426. The van der Waals surface area contributed by atoms with E-state index >= 15 is 0 Å². The van der Waals surface area contributed by atoms with Crippen LogP contribution >= 0.6 is 0 Å². The summed E-state index contributed by atoms with van der Waals surface area (Å²) >= 11 is 0. The van der Waals surface area contributed by atoms with Crippen LogP contribution in [0.25, 0.3) is 0 Å². The molecule has 1 aliphatic rings. The lowest BCUT2D eigenvalue weighted by molar-refractivity contribution is -0.132. The van der Waals surface area contributed by atoms with Crippen LogP contribution in [0.3, 0.4) is 0 Å². The third kappa shape index (κ3) is 5.56. The number of nitrogens with zero attached hydrogens (tertiary/aromatic N) is 2. The van der Waals surface area contributed by atoms with E-state index in [4.69, 9.17) is 9.47 Å². The number of amides is 2. The fraction of sp³-hybridized carbons (Fsp3) is 0.500. The van der Waals surface area contributed by atoms with E-state index < -0.39 is 5.97 Å². The zero-order valence-electron chi connectivity index (χ0n) is 14.7. The summed E-state index contributed by atoms with van der Waals surface area (Å²) in [4.78, 5) is 39.4. The summed E-state index contributed by atoms with van der Waals surface area (Å²) in [5.41, 5.74) is 0.470. The van der Waals surface area contributed by atoms with Crippen molar-refractivity contribution in [3.05, 3.63) is 29.8 Å². The first kappa shape index (κ1) is 18.9. The van der Waals surface area contributed by atoms with Crippen LogP contribution in [-0.2, 0) is 14.3 Å². The van der Waals surface area contributed by atoms with Gasteiger partial charge in [0, 0.05) is 45.8 Å². The molecular formula is C18H24N2O5. The number of methoxy groups -OCH3 is 1. The summed E-state index contributed by atoms with van der Waals surface area (Å²) in [6, 6.07) is 6.58. The first-order valence-corrected chi connectivity index (χ1v) is 8.35. The molecule has 7 nitrogen and oxygen atoms in total. The quantitative estimate of drug-likeness (QED) is 0.593. The zero-order valence-corrected chi connectivity index (χ0v) is 14.7. The third-order valence-corrected chi connectivity index (χ3v) is 4.00. The standard InChI is InChI=1S/C18H24N2O5/c1-14(21)25-16-6-3-5-15(13-16)18(23)20-9-4-8-19(10-11-20)17(22)7-12-24-2/h3,5-6,13H,4,7-12H2,1-2H3. The largest absolute Gasteiger partial charge is 0.427 e. The van der Waals surface area contributed by atoms with Gasteiger partial charge in [0.05, 0.1) is 13.0 Å². The highest BCUT2D eigenvalue weighted by molar-refractivity contribution is 5.94. The second-order valence-electron chi connectivity index (χ2n) is 5.89. The molecule has 2 rings (SSSR count). The average Bonchev–Trinajstić information content (AvgIpc) is 2.85. The predicted octanol–water partition coefficient (Wildman–Crippen LogP) is 1.32. The molecule has 0 bridgehead atoms. The van der Waals surface area contributed by atoms with Crippen molar-refractivity contribution in [2.24, 2.45) is 0 Å². The fourth-order valence-corrected chi connectivity index (χ4v) is 2.76. The maximum Gasteiger partial charge on any atom is 0.308 e. The van der Waals surface area contributed by atoms with Gasteiger partial charge in [-0.05, 0) is 24.6 Å². The Morgan fingerprint density at radius 1 is 1.08 bits per heavy atom. The van der Waals surface area contributed by atoms with Gasteiger partial charge < -0.3 is 19.3 Å². The van der Waals surface area contributed by atoms with Gasteiger partial charge in [0.1, 0.15) is 5.75 Å². The molecule has 0 atom stereocenters. The molecule has 25 heavy (non-hydrogen) atoms. The Kier molecular flexibility index (Phi) is 6.94. The summed E-state index contributed by atoms with van der Waals surface area (Å²) in [7, 11) is 1.57. The van der Waals surface area contributed by atoms with Crippen LogP contribution < -0.4 is 4.74 Å². The molecule has 2 amide bonds. The Balaban J connectivity index is 1.98. The average molecular weight is 348 g/mol. The van der Waals surface area contributed by atoms with Crippen LogP contribution in [0.1, 0.15) is 30.1 Å². The summed E-state index contributed by atoms with van der Waals surface area (Å²) in [6.45, 7) is 3.94. The topological polar surface area (TPSA) is 76.2 Å². The molecular weight excluding hydrogens is 324 g/mol. The van der Waals surface area contributed by atoms with Crippen LogP contribution in [-0.4, -0.2) is 67.5 Å². The molecule has 1 aliphatic heterocycles. The first-order valence-electron chi connectivity index (χ1n) is 8.35. The normalized spacial score (nSPS) is 14.8. The lowest BCUT2D eigenvalue weighted by Crippen LogP contribution is -2.37. The molecule has 1 heterocycles. The summed E-state index contributed by atoms with van der Waals surface area (Å²) in [5.74, 6) is -0.151. The van der Waals surface area contributed by atoms with E-state index in [9.17, 15) is 14.4 Å². The monoisotopic (exact) mass is 348 g/mol. The number of hydrogen-bond donors (Lipinski definition) is 0. The Morgan fingerprint density at radius 3 is 2.52 bits per heavy atom. The fourth-order valence-electron chi connectivity index (χ4n) is 2.76. The van der Waals surface area contributed by atoms with E-state index in [0.717, 1.165) is 6.42 Å². The molecule has 0 N–H and O–H groups in total. The highest BCUT2D eigenvalue weighted by Gasteiger charge is 2.23. The van der Waals surface area contributed by atoms with Crippen molar-refractivity contribution in [2.75, 3.05) is 39.9 Å². The van der Waals surface area contributed by atoms with Gasteiger partial charge in [-0.1, -0.05) is 6.07 Å². The van der Waals surface area contributed by atoms with Crippen LogP contribution in [0, 0.1) is 0 Å². The van der Waals surface area contributed by atoms with Gasteiger partial charge in [-0.2, -0.15) is 0 Å². The van der Waals surface area contributed by atoms with Crippen molar-refractivity contribution in [3.63, 3.8) is 0 Å². The number of esters is 1. The highest BCUT2D eigenvalue weighted by Crippen LogP contribution is 2.16. The zero-order chi connectivity index (χ0) is 18.2.